The number of anilines is 1. The highest BCUT2D eigenvalue weighted by Gasteiger charge is 2.12. The van der Waals surface area contributed by atoms with Crippen molar-refractivity contribution in [2.45, 2.75) is 13.5 Å². The molecule has 3 aromatic rings. The highest BCUT2D eigenvalue weighted by molar-refractivity contribution is 6.33. The lowest BCUT2D eigenvalue weighted by molar-refractivity contribution is 0.601. The van der Waals surface area contributed by atoms with E-state index >= 15 is 0 Å². The Bertz CT molecular complexity index is 714. The molecular weight excluding hydrogens is 250 g/mol. The second-order valence-electron chi connectivity index (χ2n) is 4.20. The first-order valence-electron chi connectivity index (χ1n) is 5.60. The summed E-state index contributed by atoms with van der Waals surface area (Å²) in [6.07, 6.45) is 1.73. The minimum atomic E-state index is 0.486. The van der Waals surface area contributed by atoms with Gasteiger partial charge in [-0.25, -0.2) is 4.68 Å². The monoisotopic (exact) mass is 261 g/mol. The maximum absolute atomic E-state index is 6.02. The van der Waals surface area contributed by atoms with Gasteiger partial charge in [0.1, 0.15) is 16.4 Å². The quantitative estimate of drug-likeness (QED) is 0.771. The molecule has 0 radical (unpaired) electrons. The third kappa shape index (κ3) is 1.66. The van der Waals surface area contributed by atoms with Gasteiger partial charge < -0.3 is 10.2 Å². The summed E-state index contributed by atoms with van der Waals surface area (Å²) in [4.78, 5) is 0. The molecule has 0 unspecified atom stereocenters. The average molecular weight is 262 g/mol. The van der Waals surface area contributed by atoms with Crippen LogP contribution in [0.25, 0.3) is 11.0 Å². The number of fused-ring (bicyclic) bond motifs is 1. The van der Waals surface area contributed by atoms with Crippen molar-refractivity contribution in [1.29, 1.82) is 0 Å². The number of rotatable bonds is 2. The Labute approximate surface area is 109 Å². The van der Waals surface area contributed by atoms with Crippen molar-refractivity contribution in [3.63, 3.8) is 0 Å². The molecule has 2 heterocycles. The molecule has 1 aromatic carbocycles. The largest absolute Gasteiger partial charge is 0.464 e. The van der Waals surface area contributed by atoms with Crippen LogP contribution in [-0.4, -0.2) is 9.78 Å². The lowest BCUT2D eigenvalue weighted by Crippen LogP contribution is -2.05. The van der Waals surface area contributed by atoms with E-state index in [0.29, 0.717) is 17.4 Å². The van der Waals surface area contributed by atoms with Gasteiger partial charge in [-0.1, -0.05) is 29.8 Å². The minimum absolute atomic E-state index is 0.486. The van der Waals surface area contributed by atoms with Gasteiger partial charge in [-0.15, -0.1) is 0 Å². The summed E-state index contributed by atoms with van der Waals surface area (Å²) in [6, 6.07) is 7.87. The second-order valence-corrected chi connectivity index (χ2v) is 4.58. The van der Waals surface area contributed by atoms with Crippen molar-refractivity contribution >= 4 is 28.4 Å². The van der Waals surface area contributed by atoms with Gasteiger partial charge in [0.15, 0.2) is 0 Å². The number of nitrogens with two attached hydrogens (primary N) is 1. The van der Waals surface area contributed by atoms with Gasteiger partial charge >= 0.3 is 0 Å². The van der Waals surface area contributed by atoms with E-state index in [0.717, 1.165) is 22.2 Å². The van der Waals surface area contributed by atoms with Crippen LogP contribution in [0.2, 0.25) is 5.02 Å². The van der Waals surface area contributed by atoms with Crippen molar-refractivity contribution in [2.24, 2.45) is 0 Å². The molecule has 3 rings (SSSR count). The minimum Gasteiger partial charge on any atom is -0.464 e. The van der Waals surface area contributed by atoms with Crippen molar-refractivity contribution < 1.29 is 4.42 Å². The first-order valence-corrected chi connectivity index (χ1v) is 5.98. The molecule has 2 N–H and O–H groups in total. The fourth-order valence-electron chi connectivity index (χ4n) is 2.01. The molecule has 0 aliphatic heterocycles. The molecule has 92 valence electrons. The van der Waals surface area contributed by atoms with Crippen LogP contribution in [-0.2, 0) is 6.54 Å². The van der Waals surface area contributed by atoms with Gasteiger partial charge in [0.25, 0.3) is 0 Å². The molecule has 0 fully saturated rings. The molecule has 18 heavy (non-hydrogen) atoms. The number of halogens is 1. The Balaban J connectivity index is 2.04. The smallest absolute Gasteiger partial charge is 0.141 e. The summed E-state index contributed by atoms with van der Waals surface area (Å²) in [5, 5.41) is 5.90. The van der Waals surface area contributed by atoms with E-state index in [1.807, 2.05) is 31.2 Å². The zero-order chi connectivity index (χ0) is 12.7. The summed E-state index contributed by atoms with van der Waals surface area (Å²) < 4.78 is 7.17. The maximum Gasteiger partial charge on any atom is 0.141 e. The zero-order valence-corrected chi connectivity index (χ0v) is 10.6. The number of furan rings is 1. The van der Waals surface area contributed by atoms with E-state index in [-0.39, 0.29) is 0 Å². The van der Waals surface area contributed by atoms with E-state index < -0.39 is 0 Å². The number of hydrogen-bond acceptors (Lipinski definition) is 3. The van der Waals surface area contributed by atoms with Crippen LogP contribution < -0.4 is 5.73 Å². The number of aromatic nitrogens is 2. The third-order valence-electron chi connectivity index (χ3n) is 2.97. The summed E-state index contributed by atoms with van der Waals surface area (Å²) in [5.41, 5.74) is 8.54. The van der Waals surface area contributed by atoms with E-state index in [4.69, 9.17) is 21.8 Å². The van der Waals surface area contributed by atoms with E-state index in [1.54, 1.807) is 10.9 Å². The van der Waals surface area contributed by atoms with Gasteiger partial charge in [0.2, 0.25) is 0 Å². The zero-order valence-electron chi connectivity index (χ0n) is 9.85. The number of hydrogen-bond donors (Lipinski definition) is 1. The van der Waals surface area contributed by atoms with E-state index in [2.05, 4.69) is 5.10 Å². The van der Waals surface area contributed by atoms with Gasteiger partial charge in [-0.05, 0) is 13.0 Å². The highest BCUT2D eigenvalue weighted by atomic mass is 35.5. The van der Waals surface area contributed by atoms with Crippen molar-refractivity contribution in [1.82, 2.24) is 9.78 Å². The number of para-hydroxylation sites is 1. The SMILES string of the molecule is Cc1nn(Cc2coc3ccccc23)c(N)c1Cl. The Morgan fingerprint density at radius 1 is 1.39 bits per heavy atom. The summed E-state index contributed by atoms with van der Waals surface area (Å²) in [6.45, 7) is 2.39. The third-order valence-corrected chi connectivity index (χ3v) is 3.44. The lowest BCUT2D eigenvalue weighted by atomic mass is 10.2. The summed E-state index contributed by atoms with van der Waals surface area (Å²) >= 11 is 6.02. The molecule has 5 heteroatoms. The molecule has 0 bridgehead atoms. The van der Waals surface area contributed by atoms with Gasteiger partial charge in [-0.3, -0.25) is 0 Å². The number of nitrogen functional groups attached to an aromatic ring is 1. The molecule has 2 aromatic heterocycles. The van der Waals surface area contributed by atoms with Gasteiger partial charge in [0.05, 0.1) is 18.5 Å². The average Bonchev–Trinajstić information content (AvgIpc) is 2.89. The first kappa shape index (κ1) is 11.2. The second kappa shape index (κ2) is 4.07. The van der Waals surface area contributed by atoms with Crippen LogP contribution in [0.4, 0.5) is 5.82 Å². The Morgan fingerprint density at radius 3 is 2.89 bits per heavy atom. The standard InChI is InChI=1S/C13H12ClN3O/c1-8-12(14)13(15)17(16-8)6-9-7-18-11-5-3-2-4-10(9)11/h2-5,7H,6,15H2,1H3. The Hall–Kier alpha value is -1.94. The van der Waals surface area contributed by atoms with Crippen molar-refractivity contribution in [2.75, 3.05) is 5.73 Å². The molecule has 0 aliphatic rings. The number of benzene rings is 1. The number of nitrogens with zero attached hydrogens (tertiary/aromatic N) is 2. The Kier molecular flexibility index (Phi) is 2.52. The lowest BCUT2D eigenvalue weighted by Gasteiger charge is -2.02. The van der Waals surface area contributed by atoms with Crippen LogP contribution >= 0.6 is 11.6 Å². The molecule has 0 atom stereocenters. The first-order chi connectivity index (χ1) is 8.66. The maximum atomic E-state index is 6.02. The van der Waals surface area contributed by atoms with Gasteiger partial charge in [0, 0.05) is 10.9 Å². The van der Waals surface area contributed by atoms with Crippen LogP contribution in [0.5, 0.6) is 0 Å². The predicted octanol–water partition coefficient (Wildman–Crippen LogP) is 3.22. The van der Waals surface area contributed by atoms with Crippen molar-refractivity contribution in [3.05, 3.63) is 46.8 Å². The normalized spacial score (nSPS) is 11.2. The van der Waals surface area contributed by atoms with Crippen LogP contribution in [0.15, 0.2) is 34.9 Å². The predicted molar refractivity (Wildman–Crippen MR) is 71.7 cm³/mol. The Morgan fingerprint density at radius 2 is 2.17 bits per heavy atom. The fourth-order valence-corrected chi connectivity index (χ4v) is 2.15. The summed E-state index contributed by atoms with van der Waals surface area (Å²) in [7, 11) is 0. The molecule has 4 nitrogen and oxygen atoms in total. The van der Waals surface area contributed by atoms with E-state index in [1.165, 1.54) is 0 Å². The molecule has 0 saturated carbocycles. The van der Waals surface area contributed by atoms with E-state index in [9.17, 15) is 0 Å². The fraction of sp³-hybridized carbons (Fsp3) is 0.154. The van der Waals surface area contributed by atoms with Crippen molar-refractivity contribution in [3.8, 4) is 0 Å². The molecule has 0 amide bonds. The topological polar surface area (TPSA) is 57.0 Å². The van der Waals surface area contributed by atoms with Crippen LogP contribution in [0.3, 0.4) is 0 Å². The molecule has 0 aliphatic carbocycles. The highest BCUT2D eigenvalue weighted by Crippen LogP contribution is 2.26. The molecule has 0 saturated heterocycles. The molecule has 0 spiro atoms. The van der Waals surface area contributed by atoms with Crippen LogP contribution in [0.1, 0.15) is 11.3 Å². The number of aryl methyl sites for hydroxylation is 1. The molecular formula is C13H12ClN3O. The van der Waals surface area contributed by atoms with Gasteiger partial charge in [-0.2, -0.15) is 5.10 Å². The summed E-state index contributed by atoms with van der Waals surface area (Å²) in [5.74, 6) is 0.486. The van der Waals surface area contributed by atoms with Crippen LogP contribution in [0, 0.1) is 6.92 Å².